The van der Waals surface area contributed by atoms with E-state index in [-0.39, 0.29) is 11.9 Å². The molecule has 0 spiro atoms. The van der Waals surface area contributed by atoms with Crippen LogP contribution in [0.5, 0.6) is 11.5 Å². The Balaban J connectivity index is 1.46. The van der Waals surface area contributed by atoms with Gasteiger partial charge in [-0.3, -0.25) is 4.79 Å². The van der Waals surface area contributed by atoms with E-state index in [1.165, 1.54) is 5.56 Å². The number of carbonyl (C=O) groups excluding carboxylic acids is 2. The van der Waals surface area contributed by atoms with Gasteiger partial charge in [0.05, 0.1) is 5.56 Å². The Morgan fingerprint density at radius 1 is 0.806 bits per heavy atom. The van der Waals surface area contributed by atoms with Gasteiger partial charge in [0.25, 0.3) is 5.91 Å². The molecule has 0 aliphatic rings. The molecule has 1 amide bonds. The third-order valence-electron chi connectivity index (χ3n) is 4.82. The number of rotatable bonds is 9. The molecule has 0 bridgehead atoms. The maximum absolute atomic E-state index is 12.4. The van der Waals surface area contributed by atoms with Gasteiger partial charge in [-0.25, -0.2) is 4.79 Å². The van der Waals surface area contributed by atoms with Crippen LogP contribution in [0.2, 0.25) is 0 Å². The van der Waals surface area contributed by atoms with Gasteiger partial charge in [0.2, 0.25) is 0 Å². The summed E-state index contributed by atoms with van der Waals surface area (Å²) in [4.78, 5) is 24.8. The topological polar surface area (TPSA) is 64.6 Å². The summed E-state index contributed by atoms with van der Waals surface area (Å²) in [5.74, 6) is 0.467. The van der Waals surface area contributed by atoms with Crippen molar-refractivity contribution in [2.24, 2.45) is 0 Å². The molecule has 0 fully saturated rings. The van der Waals surface area contributed by atoms with E-state index in [2.05, 4.69) is 17.4 Å². The van der Waals surface area contributed by atoms with E-state index >= 15 is 0 Å². The maximum Gasteiger partial charge on any atom is 0.338 e. The zero-order chi connectivity index (χ0) is 22.1. The number of hydrogen-bond acceptors (Lipinski definition) is 4. The smallest absolute Gasteiger partial charge is 0.338 e. The van der Waals surface area contributed by atoms with E-state index in [4.69, 9.17) is 9.47 Å². The number of nitrogens with one attached hydrogen (secondary N) is 1. The molecule has 3 rings (SSSR count). The average Bonchev–Trinajstić information content (AvgIpc) is 2.79. The maximum atomic E-state index is 12.4. The molecule has 0 unspecified atom stereocenters. The van der Waals surface area contributed by atoms with Crippen LogP contribution in [0, 0.1) is 0 Å². The zero-order valence-corrected chi connectivity index (χ0v) is 17.8. The van der Waals surface area contributed by atoms with Crippen molar-refractivity contribution in [3.63, 3.8) is 0 Å². The summed E-state index contributed by atoms with van der Waals surface area (Å²) in [5, 5.41) is 2.91. The van der Waals surface area contributed by atoms with Gasteiger partial charge >= 0.3 is 5.97 Å². The van der Waals surface area contributed by atoms with Crippen LogP contribution in [-0.2, 0) is 16.0 Å². The lowest BCUT2D eigenvalue weighted by molar-refractivity contribution is -0.129. The molecule has 0 aromatic heterocycles. The summed E-state index contributed by atoms with van der Waals surface area (Å²) < 4.78 is 11.0. The Hall–Kier alpha value is -3.60. The summed E-state index contributed by atoms with van der Waals surface area (Å²) in [7, 11) is 0. The minimum atomic E-state index is -0.882. The molecule has 0 saturated carbocycles. The number of hydrogen-bond donors (Lipinski definition) is 1. The van der Waals surface area contributed by atoms with Gasteiger partial charge < -0.3 is 14.8 Å². The molecule has 0 saturated heterocycles. The molecule has 0 radical (unpaired) electrons. The lowest BCUT2D eigenvalue weighted by atomic mass is 10.1. The lowest BCUT2D eigenvalue weighted by Crippen LogP contribution is -2.41. The molecule has 0 aliphatic carbocycles. The van der Waals surface area contributed by atoms with Crippen molar-refractivity contribution < 1.29 is 19.1 Å². The van der Waals surface area contributed by atoms with E-state index in [1.54, 1.807) is 31.2 Å². The molecule has 160 valence electrons. The normalized spacial score (nSPS) is 12.5. The third kappa shape index (κ3) is 7.00. The fourth-order valence-corrected chi connectivity index (χ4v) is 3.03. The van der Waals surface area contributed by atoms with Crippen LogP contribution in [0.4, 0.5) is 0 Å². The molecule has 3 aromatic carbocycles. The zero-order valence-electron chi connectivity index (χ0n) is 17.8. The first-order chi connectivity index (χ1) is 15.0. The SMILES string of the molecule is C[C@H](OC(=O)c1ccc(Oc2ccccc2)cc1)C(=O)N[C@@H](C)CCc1ccccc1. The van der Waals surface area contributed by atoms with Gasteiger partial charge in [-0.05, 0) is 68.7 Å². The van der Waals surface area contributed by atoms with Gasteiger partial charge in [-0.1, -0.05) is 48.5 Å². The molecule has 5 nitrogen and oxygen atoms in total. The second-order valence-corrected chi connectivity index (χ2v) is 7.42. The molecular formula is C26H27NO4. The van der Waals surface area contributed by atoms with Crippen LogP contribution in [0.1, 0.15) is 36.2 Å². The van der Waals surface area contributed by atoms with E-state index in [1.807, 2.05) is 55.5 Å². The largest absolute Gasteiger partial charge is 0.457 e. The predicted octanol–water partition coefficient (Wildman–Crippen LogP) is 5.16. The number of benzene rings is 3. The lowest BCUT2D eigenvalue weighted by Gasteiger charge is -2.18. The highest BCUT2D eigenvalue weighted by Gasteiger charge is 2.20. The third-order valence-corrected chi connectivity index (χ3v) is 4.82. The second kappa shape index (κ2) is 11.0. The van der Waals surface area contributed by atoms with Crippen molar-refractivity contribution in [2.45, 2.75) is 38.8 Å². The van der Waals surface area contributed by atoms with Crippen LogP contribution in [0.15, 0.2) is 84.9 Å². The Labute approximate surface area is 183 Å². The van der Waals surface area contributed by atoms with Crippen LogP contribution in [0.3, 0.4) is 0 Å². The molecule has 1 N–H and O–H groups in total. The van der Waals surface area contributed by atoms with Crippen molar-refractivity contribution in [3.8, 4) is 11.5 Å². The van der Waals surface area contributed by atoms with E-state index in [9.17, 15) is 9.59 Å². The van der Waals surface area contributed by atoms with Gasteiger partial charge in [-0.2, -0.15) is 0 Å². The molecule has 2 atom stereocenters. The first-order valence-electron chi connectivity index (χ1n) is 10.4. The average molecular weight is 418 g/mol. The minimum Gasteiger partial charge on any atom is -0.457 e. The summed E-state index contributed by atoms with van der Waals surface area (Å²) >= 11 is 0. The van der Waals surface area contributed by atoms with Crippen molar-refractivity contribution in [1.82, 2.24) is 5.32 Å². The van der Waals surface area contributed by atoms with Crippen LogP contribution < -0.4 is 10.1 Å². The number of ether oxygens (including phenoxy) is 2. The second-order valence-electron chi connectivity index (χ2n) is 7.42. The quantitative estimate of drug-likeness (QED) is 0.488. The molecule has 5 heteroatoms. The van der Waals surface area contributed by atoms with Crippen molar-refractivity contribution >= 4 is 11.9 Å². The Kier molecular flexibility index (Phi) is 7.82. The van der Waals surface area contributed by atoms with Gasteiger partial charge in [-0.15, -0.1) is 0 Å². The highest BCUT2D eigenvalue weighted by atomic mass is 16.5. The standard InChI is InChI=1S/C26H27NO4/c1-19(13-14-21-9-5-3-6-10-21)27-25(28)20(2)30-26(29)22-15-17-24(18-16-22)31-23-11-7-4-8-12-23/h3-12,15-20H,13-14H2,1-2H3,(H,27,28)/t19-,20-/m0/s1. The van der Waals surface area contributed by atoms with Crippen molar-refractivity contribution in [1.29, 1.82) is 0 Å². The Bertz CT molecular complexity index is 971. The summed E-state index contributed by atoms with van der Waals surface area (Å²) in [6.45, 7) is 3.52. The van der Waals surface area contributed by atoms with E-state index < -0.39 is 12.1 Å². The monoisotopic (exact) mass is 417 g/mol. The van der Waals surface area contributed by atoms with Crippen molar-refractivity contribution in [2.75, 3.05) is 0 Å². The number of esters is 1. The summed E-state index contributed by atoms with van der Waals surface area (Å²) in [6, 6.07) is 26.1. The number of aryl methyl sites for hydroxylation is 1. The van der Waals surface area contributed by atoms with Gasteiger partial charge in [0.15, 0.2) is 6.10 Å². The molecule has 0 heterocycles. The highest BCUT2D eigenvalue weighted by Crippen LogP contribution is 2.21. The fraction of sp³-hybridized carbons (Fsp3) is 0.231. The molecule has 0 aliphatic heterocycles. The molecule has 3 aromatic rings. The number of carbonyl (C=O) groups is 2. The van der Waals surface area contributed by atoms with Crippen molar-refractivity contribution in [3.05, 3.63) is 96.1 Å². The fourth-order valence-electron chi connectivity index (χ4n) is 3.03. The number of para-hydroxylation sites is 1. The Morgan fingerprint density at radius 2 is 1.39 bits per heavy atom. The van der Waals surface area contributed by atoms with Gasteiger partial charge in [0, 0.05) is 6.04 Å². The predicted molar refractivity (Wildman–Crippen MR) is 120 cm³/mol. The summed E-state index contributed by atoms with van der Waals surface area (Å²) in [5.41, 5.74) is 1.58. The summed E-state index contributed by atoms with van der Waals surface area (Å²) in [6.07, 6.45) is 0.791. The van der Waals surface area contributed by atoms with Crippen LogP contribution in [-0.4, -0.2) is 24.0 Å². The van der Waals surface area contributed by atoms with E-state index in [0.29, 0.717) is 17.1 Å². The highest BCUT2D eigenvalue weighted by molar-refractivity contribution is 5.92. The van der Waals surface area contributed by atoms with E-state index in [0.717, 1.165) is 12.8 Å². The first kappa shape index (κ1) is 22.1. The molecule has 31 heavy (non-hydrogen) atoms. The minimum absolute atomic E-state index is 0.0247. The Morgan fingerprint density at radius 3 is 2.03 bits per heavy atom. The van der Waals surface area contributed by atoms with Crippen LogP contribution in [0.25, 0.3) is 0 Å². The molecular weight excluding hydrogens is 390 g/mol. The van der Waals surface area contributed by atoms with Crippen LogP contribution >= 0.6 is 0 Å². The van der Waals surface area contributed by atoms with Gasteiger partial charge in [0.1, 0.15) is 11.5 Å². The first-order valence-corrected chi connectivity index (χ1v) is 10.4. The number of amides is 1.